The van der Waals surface area contributed by atoms with Crippen molar-refractivity contribution in [3.8, 4) is 11.5 Å². The second-order valence-electron chi connectivity index (χ2n) is 5.11. The summed E-state index contributed by atoms with van der Waals surface area (Å²) in [5, 5.41) is 0.464. The number of benzene rings is 1. The molecule has 0 saturated heterocycles. The Balaban J connectivity index is 1.94. The van der Waals surface area contributed by atoms with Crippen LogP contribution < -0.4 is 9.47 Å². The quantitative estimate of drug-likeness (QED) is 0.821. The molecule has 2 nitrogen and oxygen atoms in total. The van der Waals surface area contributed by atoms with E-state index in [9.17, 15) is 8.78 Å². The van der Waals surface area contributed by atoms with Crippen LogP contribution in [0.5, 0.6) is 11.5 Å². The van der Waals surface area contributed by atoms with Gasteiger partial charge in [-0.15, -0.1) is 0 Å². The van der Waals surface area contributed by atoms with Gasteiger partial charge in [0.2, 0.25) is 11.6 Å². The van der Waals surface area contributed by atoms with Crippen LogP contribution in [0.15, 0.2) is 12.1 Å². The van der Waals surface area contributed by atoms with E-state index in [0.29, 0.717) is 24.4 Å². The van der Waals surface area contributed by atoms with Crippen LogP contribution in [0.2, 0.25) is 0 Å². The zero-order valence-corrected chi connectivity index (χ0v) is 12.5. The molecule has 0 aromatic heterocycles. The Morgan fingerprint density at radius 3 is 2.15 bits per heavy atom. The molecule has 5 heteroatoms. The maximum Gasteiger partial charge on any atom is 0.204 e. The molecule has 2 rings (SSSR count). The zero-order chi connectivity index (χ0) is 14.5. The normalized spacial score (nSPS) is 22.6. The molecule has 1 aromatic carbocycles. The van der Waals surface area contributed by atoms with E-state index in [1.807, 2.05) is 0 Å². The van der Waals surface area contributed by atoms with Gasteiger partial charge in [0.05, 0.1) is 13.2 Å². The lowest BCUT2D eigenvalue weighted by atomic mass is 9.89. The minimum Gasteiger partial charge on any atom is -0.491 e. The summed E-state index contributed by atoms with van der Waals surface area (Å²) in [5.74, 6) is -1.68. The first kappa shape index (κ1) is 15.4. The molecule has 1 aliphatic carbocycles. The number of hydrogen-bond acceptors (Lipinski definition) is 3. The van der Waals surface area contributed by atoms with Gasteiger partial charge in [-0.25, -0.2) is 0 Å². The van der Waals surface area contributed by atoms with Gasteiger partial charge in [-0.1, -0.05) is 0 Å². The second kappa shape index (κ2) is 7.16. The minimum atomic E-state index is -0.983. The Kier molecular flexibility index (Phi) is 5.52. The van der Waals surface area contributed by atoms with Gasteiger partial charge in [-0.05, 0) is 50.7 Å². The first-order valence-corrected chi connectivity index (χ1v) is 7.55. The van der Waals surface area contributed by atoms with Gasteiger partial charge in [-0.3, -0.25) is 0 Å². The van der Waals surface area contributed by atoms with E-state index < -0.39 is 11.6 Å². The number of hydrogen-bond donors (Lipinski definition) is 1. The molecular formula is C15H20F2O2S. The molecular weight excluding hydrogens is 282 g/mol. The van der Waals surface area contributed by atoms with Crippen molar-refractivity contribution in [2.75, 3.05) is 13.2 Å². The average molecular weight is 302 g/mol. The third kappa shape index (κ3) is 3.78. The fourth-order valence-electron chi connectivity index (χ4n) is 2.41. The number of rotatable bonds is 5. The van der Waals surface area contributed by atoms with Crippen molar-refractivity contribution in [2.24, 2.45) is 5.92 Å². The van der Waals surface area contributed by atoms with E-state index >= 15 is 0 Å². The Morgan fingerprint density at radius 1 is 1.05 bits per heavy atom. The Hall–Kier alpha value is -0.970. The maximum absolute atomic E-state index is 13.8. The van der Waals surface area contributed by atoms with Gasteiger partial charge in [-0.2, -0.15) is 21.4 Å². The van der Waals surface area contributed by atoms with Gasteiger partial charge >= 0.3 is 0 Å². The van der Waals surface area contributed by atoms with Crippen LogP contribution in [-0.4, -0.2) is 18.5 Å². The lowest BCUT2D eigenvalue weighted by molar-refractivity contribution is 0.201. The summed E-state index contributed by atoms with van der Waals surface area (Å²) in [6.45, 7) is 2.44. The summed E-state index contributed by atoms with van der Waals surface area (Å²) in [6.07, 6.45) is 4.15. The summed E-state index contributed by atoms with van der Waals surface area (Å²) in [5.41, 5.74) is 0. The van der Waals surface area contributed by atoms with Crippen LogP contribution in [0.3, 0.4) is 0 Å². The van der Waals surface area contributed by atoms with Crippen molar-refractivity contribution in [1.82, 2.24) is 0 Å². The number of thiol groups is 1. The third-order valence-electron chi connectivity index (χ3n) is 3.60. The highest BCUT2D eigenvalue weighted by molar-refractivity contribution is 7.80. The van der Waals surface area contributed by atoms with Crippen molar-refractivity contribution in [3.05, 3.63) is 23.8 Å². The Bertz CT molecular complexity index is 446. The number of halogens is 2. The molecule has 1 aromatic rings. The first-order valence-electron chi connectivity index (χ1n) is 7.03. The van der Waals surface area contributed by atoms with E-state index in [1.165, 1.54) is 12.1 Å². The highest BCUT2D eigenvalue weighted by Gasteiger charge is 2.21. The summed E-state index contributed by atoms with van der Waals surface area (Å²) < 4.78 is 37.9. The highest BCUT2D eigenvalue weighted by atomic mass is 32.1. The summed E-state index contributed by atoms with van der Waals surface area (Å²) in [7, 11) is 0. The van der Waals surface area contributed by atoms with Crippen LogP contribution in [0, 0.1) is 17.6 Å². The van der Waals surface area contributed by atoms with Gasteiger partial charge in [0.15, 0.2) is 11.5 Å². The molecule has 20 heavy (non-hydrogen) atoms. The molecule has 0 heterocycles. The average Bonchev–Trinajstić information content (AvgIpc) is 2.45. The van der Waals surface area contributed by atoms with Gasteiger partial charge in [0.1, 0.15) is 0 Å². The fourth-order valence-corrected chi connectivity index (χ4v) is 2.71. The van der Waals surface area contributed by atoms with Crippen LogP contribution in [0.4, 0.5) is 8.78 Å². The van der Waals surface area contributed by atoms with Crippen LogP contribution in [-0.2, 0) is 0 Å². The fraction of sp³-hybridized carbons (Fsp3) is 0.600. The third-order valence-corrected chi connectivity index (χ3v) is 4.12. The molecule has 0 unspecified atom stereocenters. The molecule has 1 aliphatic rings. The molecule has 0 atom stereocenters. The van der Waals surface area contributed by atoms with Crippen LogP contribution in [0.1, 0.15) is 32.6 Å². The molecule has 0 bridgehead atoms. The molecule has 0 N–H and O–H groups in total. The summed E-state index contributed by atoms with van der Waals surface area (Å²) >= 11 is 4.44. The second-order valence-corrected chi connectivity index (χ2v) is 5.84. The minimum absolute atomic E-state index is 0.0426. The van der Waals surface area contributed by atoms with Crippen molar-refractivity contribution in [1.29, 1.82) is 0 Å². The molecule has 0 aliphatic heterocycles. The predicted octanol–water partition coefficient (Wildman–Crippen LogP) is 4.23. The highest BCUT2D eigenvalue weighted by Crippen LogP contribution is 2.30. The van der Waals surface area contributed by atoms with Gasteiger partial charge in [0, 0.05) is 5.25 Å². The topological polar surface area (TPSA) is 18.5 Å². The van der Waals surface area contributed by atoms with Crippen LogP contribution in [0.25, 0.3) is 0 Å². The van der Waals surface area contributed by atoms with Crippen molar-refractivity contribution < 1.29 is 18.3 Å². The first-order chi connectivity index (χ1) is 9.61. The maximum atomic E-state index is 13.8. The number of ether oxygens (including phenoxy) is 2. The van der Waals surface area contributed by atoms with Crippen molar-refractivity contribution in [2.45, 2.75) is 37.9 Å². The van der Waals surface area contributed by atoms with Crippen LogP contribution >= 0.6 is 12.6 Å². The van der Waals surface area contributed by atoms with E-state index in [1.54, 1.807) is 6.92 Å². The van der Waals surface area contributed by atoms with Gasteiger partial charge in [0.25, 0.3) is 0 Å². The van der Waals surface area contributed by atoms with Crippen molar-refractivity contribution >= 4 is 12.6 Å². The van der Waals surface area contributed by atoms with E-state index in [-0.39, 0.29) is 11.5 Å². The smallest absolute Gasteiger partial charge is 0.204 e. The Labute approximate surface area is 123 Å². The summed E-state index contributed by atoms with van der Waals surface area (Å²) in [4.78, 5) is 0. The molecule has 1 saturated carbocycles. The largest absolute Gasteiger partial charge is 0.491 e. The zero-order valence-electron chi connectivity index (χ0n) is 11.6. The molecule has 0 spiro atoms. The van der Waals surface area contributed by atoms with E-state index in [4.69, 9.17) is 9.47 Å². The predicted molar refractivity (Wildman–Crippen MR) is 77.8 cm³/mol. The molecule has 1 fully saturated rings. The lowest BCUT2D eigenvalue weighted by Gasteiger charge is -2.25. The SMILES string of the molecule is CCOc1ccc(OCC2CCC(S)CC2)c(F)c1F. The van der Waals surface area contributed by atoms with Crippen molar-refractivity contribution in [3.63, 3.8) is 0 Å². The summed E-state index contributed by atoms with van der Waals surface area (Å²) in [6, 6.07) is 2.83. The van der Waals surface area contributed by atoms with E-state index in [0.717, 1.165) is 25.7 Å². The van der Waals surface area contributed by atoms with E-state index in [2.05, 4.69) is 12.6 Å². The Morgan fingerprint density at radius 2 is 1.60 bits per heavy atom. The lowest BCUT2D eigenvalue weighted by Crippen LogP contribution is -2.20. The van der Waals surface area contributed by atoms with Gasteiger partial charge < -0.3 is 9.47 Å². The monoisotopic (exact) mass is 302 g/mol. The molecule has 0 amide bonds. The standard InChI is InChI=1S/C15H20F2O2S/c1-2-18-12-7-8-13(15(17)14(12)16)19-9-10-3-5-11(20)6-4-10/h7-8,10-11,20H,2-6,9H2,1H3. The molecule has 112 valence electrons. The molecule has 0 radical (unpaired) electrons.